The lowest BCUT2D eigenvalue weighted by Gasteiger charge is -2.09. The van der Waals surface area contributed by atoms with Gasteiger partial charge in [-0.15, -0.1) is 11.3 Å². The monoisotopic (exact) mass is 302 g/mol. The summed E-state index contributed by atoms with van der Waals surface area (Å²) in [6.07, 6.45) is 0.482. The Bertz CT molecular complexity index is 609. The molecule has 4 heteroatoms. The highest BCUT2D eigenvalue weighted by Gasteiger charge is 2.04. The molecule has 0 aliphatic heterocycles. The predicted octanol–water partition coefficient (Wildman–Crippen LogP) is 3.21. The van der Waals surface area contributed by atoms with Gasteiger partial charge in [-0.25, -0.2) is 0 Å². The van der Waals surface area contributed by atoms with Crippen LogP contribution in [0.3, 0.4) is 0 Å². The number of rotatable bonds is 6. The van der Waals surface area contributed by atoms with Crippen molar-refractivity contribution in [2.24, 2.45) is 0 Å². The van der Waals surface area contributed by atoms with E-state index in [1.54, 1.807) is 18.4 Å². The van der Waals surface area contributed by atoms with Crippen LogP contribution in [-0.4, -0.2) is 18.8 Å². The molecule has 1 aromatic carbocycles. The average molecular weight is 302 g/mol. The van der Waals surface area contributed by atoms with Crippen molar-refractivity contribution in [2.75, 3.05) is 13.7 Å². The van der Waals surface area contributed by atoms with Crippen molar-refractivity contribution in [2.45, 2.75) is 19.6 Å². The number of methoxy groups -OCH3 is 1. The molecule has 21 heavy (non-hydrogen) atoms. The summed E-state index contributed by atoms with van der Waals surface area (Å²) < 4.78 is 11.1. The Kier molecular flexibility index (Phi) is 6.29. The number of thiophene rings is 1. The van der Waals surface area contributed by atoms with E-state index in [4.69, 9.17) is 14.6 Å². The Labute approximate surface area is 129 Å². The summed E-state index contributed by atoms with van der Waals surface area (Å²) in [6.45, 7) is 1.16. The van der Waals surface area contributed by atoms with Gasteiger partial charge in [0.2, 0.25) is 0 Å². The van der Waals surface area contributed by atoms with E-state index in [0.717, 1.165) is 16.9 Å². The standard InChI is InChI=1S/C17H18O3S/c1-19-17-8-7-14(5-2-3-9-18)11-15(17)12-20-13-16-6-4-10-21-16/h4,6-8,10-11,18H,3,9,12-13H2,1H3. The highest BCUT2D eigenvalue weighted by Crippen LogP contribution is 2.21. The zero-order chi connectivity index (χ0) is 14.9. The fourth-order valence-corrected chi connectivity index (χ4v) is 2.49. The first-order valence-electron chi connectivity index (χ1n) is 6.70. The fraction of sp³-hybridized carbons (Fsp3) is 0.294. The summed E-state index contributed by atoms with van der Waals surface area (Å²) in [4.78, 5) is 1.20. The summed E-state index contributed by atoms with van der Waals surface area (Å²) in [5, 5.41) is 10.8. The van der Waals surface area contributed by atoms with E-state index in [1.807, 2.05) is 29.6 Å². The number of aliphatic hydroxyl groups is 1. The van der Waals surface area contributed by atoms with Gasteiger partial charge in [0.05, 0.1) is 26.9 Å². The molecule has 0 unspecified atom stereocenters. The summed E-state index contributed by atoms with van der Waals surface area (Å²) in [5.74, 6) is 6.74. The van der Waals surface area contributed by atoms with Crippen LogP contribution in [0.1, 0.15) is 22.4 Å². The third-order valence-electron chi connectivity index (χ3n) is 2.83. The molecule has 0 amide bonds. The van der Waals surface area contributed by atoms with Crippen LogP contribution in [0.2, 0.25) is 0 Å². The van der Waals surface area contributed by atoms with Gasteiger partial charge in [-0.2, -0.15) is 0 Å². The Morgan fingerprint density at radius 3 is 2.86 bits per heavy atom. The summed E-state index contributed by atoms with van der Waals surface area (Å²) in [6, 6.07) is 9.84. The van der Waals surface area contributed by atoms with Gasteiger partial charge in [0.15, 0.2) is 0 Å². The Hall–Kier alpha value is -1.80. The van der Waals surface area contributed by atoms with Crippen LogP contribution in [-0.2, 0) is 18.0 Å². The SMILES string of the molecule is COc1ccc(C#CCCO)cc1COCc1cccs1. The Morgan fingerprint density at radius 2 is 2.14 bits per heavy atom. The second kappa shape index (κ2) is 8.48. The third-order valence-corrected chi connectivity index (χ3v) is 3.68. The maximum atomic E-state index is 8.75. The van der Waals surface area contributed by atoms with E-state index in [9.17, 15) is 0 Å². The van der Waals surface area contributed by atoms with E-state index < -0.39 is 0 Å². The first kappa shape index (κ1) is 15.6. The summed E-state index contributed by atoms with van der Waals surface area (Å²) in [7, 11) is 1.65. The van der Waals surface area contributed by atoms with Crippen LogP contribution in [0.4, 0.5) is 0 Å². The summed E-state index contributed by atoms with van der Waals surface area (Å²) >= 11 is 1.68. The predicted molar refractivity (Wildman–Crippen MR) is 84.4 cm³/mol. The highest BCUT2D eigenvalue weighted by molar-refractivity contribution is 7.09. The lowest BCUT2D eigenvalue weighted by Crippen LogP contribution is -1.97. The molecule has 0 atom stereocenters. The molecule has 0 fully saturated rings. The molecule has 0 bridgehead atoms. The zero-order valence-electron chi connectivity index (χ0n) is 12.0. The van der Waals surface area contributed by atoms with E-state index in [0.29, 0.717) is 19.6 Å². The minimum absolute atomic E-state index is 0.0833. The molecular formula is C17H18O3S. The van der Waals surface area contributed by atoms with Crippen LogP contribution < -0.4 is 4.74 Å². The van der Waals surface area contributed by atoms with Crippen molar-refractivity contribution in [1.29, 1.82) is 0 Å². The molecule has 0 spiro atoms. The largest absolute Gasteiger partial charge is 0.496 e. The zero-order valence-corrected chi connectivity index (χ0v) is 12.8. The first-order chi connectivity index (χ1) is 10.3. The molecule has 0 saturated carbocycles. The molecule has 0 aliphatic rings. The topological polar surface area (TPSA) is 38.7 Å². The molecule has 110 valence electrons. The van der Waals surface area contributed by atoms with Crippen molar-refractivity contribution in [1.82, 2.24) is 0 Å². The quantitative estimate of drug-likeness (QED) is 0.833. The lowest BCUT2D eigenvalue weighted by molar-refractivity contribution is 0.107. The maximum Gasteiger partial charge on any atom is 0.124 e. The maximum absolute atomic E-state index is 8.75. The van der Waals surface area contributed by atoms with Gasteiger partial charge in [0, 0.05) is 22.4 Å². The van der Waals surface area contributed by atoms with E-state index >= 15 is 0 Å². The number of benzene rings is 1. The van der Waals surface area contributed by atoms with Gasteiger partial charge in [-0.05, 0) is 29.6 Å². The van der Waals surface area contributed by atoms with Gasteiger partial charge in [0.25, 0.3) is 0 Å². The van der Waals surface area contributed by atoms with Crippen molar-refractivity contribution in [3.05, 3.63) is 51.7 Å². The Balaban J connectivity index is 2.02. The van der Waals surface area contributed by atoms with Crippen LogP contribution in [0.15, 0.2) is 35.7 Å². The minimum Gasteiger partial charge on any atom is -0.496 e. The molecular weight excluding hydrogens is 284 g/mol. The van der Waals surface area contributed by atoms with E-state index in [2.05, 4.69) is 17.9 Å². The van der Waals surface area contributed by atoms with Crippen molar-refractivity contribution >= 4 is 11.3 Å². The van der Waals surface area contributed by atoms with Gasteiger partial charge >= 0.3 is 0 Å². The highest BCUT2D eigenvalue weighted by atomic mass is 32.1. The molecule has 2 aromatic rings. The van der Waals surface area contributed by atoms with Crippen molar-refractivity contribution in [3.63, 3.8) is 0 Å². The van der Waals surface area contributed by atoms with Crippen LogP contribution in [0, 0.1) is 11.8 Å². The molecule has 1 aromatic heterocycles. The second-order valence-electron chi connectivity index (χ2n) is 4.37. The fourth-order valence-electron chi connectivity index (χ4n) is 1.85. The third kappa shape index (κ3) is 4.91. The molecule has 3 nitrogen and oxygen atoms in total. The van der Waals surface area contributed by atoms with Gasteiger partial charge in [-0.3, -0.25) is 0 Å². The van der Waals surface area contributed by atoms with Gasteiger partial charge in [-0.1, -0.05) is 17.9 Å². The van der Waals surface area contributed by atoms with E-state index in [-0.39, 0.29) is 6.61 Å². The van der Waals surface area contributed by atoms with Gasteiger partial charge in [0.1, 0.15) is 5.75 Å². The molecule has 0 saturated heterocycles. The molecule has 1 N–H and O–H groups in total. The first-order valence-corrected chi connectivity index (χ1v) is 7.58. The number of hydrogen-bond donors (Lipinski definition) is 1. The average Bonchev–Trinajstić information content (AvgIpc) is 3.01. The number of aliphatic hydroxyl groups excluding tert-OH is 1. The van der Waals surface area contributed by atoms with Crippen LogP contribution in [0.5, 0.6) is 5.75 Å². The number of ether oxygens (including phenoxy) is 2. The lowest BCUT2D eigenvalue weighted by atomic mass is 10.1. The molecule has 2 rings (SSSR count). The Morgan fingerprint density at radius 1 is 1.24 bits per heavy atom. The normalized spacial score (nSPS) is 10.0. The van der Waals surface area contributed by atoms with Crippen LogP contribution >= 0.6 is 11.3 Å². The molecule has 0 aliphatic carbocycles. The van der Waals surface area contributed by atoms with Crippen molar-refractivity contribution < 1.29 is 14.6 Å². The molecule has 0 radical (unpaired) electrons. The van der Waals surface area contributed by atoms with Gasteiger partial charge < -0.3 is 14.6 Å². The summed E-state index contributed by atoms with van der Waals surface area (Å²) in [5.41, 5.74) is 1.88. The van der Waals surface area contributed by atoms with E-state index in [1.165, 1.54) is 4.88 Å². The number of hydrogen-bond acceptors (Lipinski definition) is 4. The van der Waals surface area contributed by atoms with Crippen molar-refractivity contribution in [3.8, 4) is 17.6 Å². The molecule has 1 heterocycles. The minimum atomic E-state index is 0.0833. The second-order valence-corrected chi connectivity index (χ2v) is 5.41. The smallest absolute Gasteiger partial charge is 0.124 e. The van der Waals surface area contributed by atoms with Crippen LogP contribution in [0.25, 0.3) is 0 Å².